The van der Waals surface area contributed by atoms with E-state index in [1.54, 1.807) is 40.5 Å². The standard InChI is InChI=1S/C18H27N5O4/c1-11(2)17-22-15(27-23-17)7-8-20-18(19-3)21-12-9-13(24-4)16(26-6)14(10-12)25-5/h9-11H,7-8H2,1-6H3,(H2,19,20,21). The molecule has 0 atom stereocenters. The second-order valence-corrected chi connectivity index (χ2v) is 5.99. The summed E-state index contributed by atoms with van der Waals surface area (Å²) in [6.07, 6.45) is 0.593. The Morgan fingerprint density at radius 1 is 1.15 bits per heavy atom. The molecule has 0 saturated heterocycles. The van der Waals surface area contributed by atoms with E-state index in [9.17, 15) is 0 Å². The Hall–Kier alpha value is -2.97. The Morgan fingerprint density at radius 3 is 2.30 bits per heavy atom. The van der Waals surface area contributed by atoms with Gasteiger partial charge in [-0.15, -0.1) is 0 Å². The van der Waals surface area contributed by atoms with Gasteiger partial charge in [-0.05, 0) is 0 Å². The van der Waals surface area contributed by atoms with Crippen molar-refractivity contribution in [3.05, 3.63) is 23.8 Å². The zero-order valence-corrected chi connectivity index (χ0v) is 16.6. The van der Waals surface area contributed by atoms with Gasteiger partial charge in [-0.3, -0.25) is 4.99 Å². The molecule has 2 N–H and O–H groups in total. The first kappa shape index (κ1) is 20.3. The molecule has 0 bridgehead atoms. The molecular formula is C18H27N5O4. The second kappa shape index (κ2) is 9.65. The predicted octanol–water partition coefficient (Wildman–Crippen LogP) is 2.45. The van der Waals surface area contributed by atoms with Crippen molar-refractivity contribution in [3.8, 4) is 17.2 Å². The third kappa shape index (κ3) is 5.25. The van der Waals surface area contributed by atoms with Crippen LogP contribution in [0.15, 0.2) is 21.6 Å². The van der Waals surface area contributed by atoms with E-state index in [1.165, 1.54) is 0 Å². The summed E-state index contributed by atoms with van der Waals surface area (Å²) >= 11 is 0. The van der Waals surface area contributed by atoms with E-state index in [0.29, 0.717) is 47.9 Å². The summed E-state index contributed by atoms with van der Waals surface area (Å²) in [4.78, 5) is 8.57. The van der Waals surface area contributed by atoms with Gasteiger partial charge in [-0.25, -0.2) is 0 Å². The third-order valence-electron chi connectivity index (χ3n) is 3.78. The smallest absolute Gasteiger partial charge is 0.228 e. The van der Waals surface area contributed by atoms with Crippen LogP contribution in [0.4, 0.5) is 5.69 Å². The predicted molar refractivity (Wildman–Crippen MR) is 103 cm³/mol. The van der Waals surface area contributed by atoms with Gasteiger partial charge in [-0.1, -0.05) is 19.0 Å². The molecule has 1 heterocycles. The maximum absolute atomic E-state index is 5.36. The molecule has 2 aromatic rings. The van der Waals surface area contributed by atoms with Crippen molar-refractivity contribution in [1.29, 1.82) is 0 Å². The minimum absolute atomic E-state index is 0.241. The summed E-state index contributed by atoms with van der Waals surface area (Å²) in [6.45, 7) is 4.63. The number of nitrogens with one attached hydrogen (secondary N) is 2. The Bertz CT molecular complexity index is 748. The van der Waals surface area contributed by atoms with Crippen LogP contribution in [0.5, 0.6) is 17.2 Å². The van der Waals surface area contributed by atoms with Crippen molar-refractivity contribution in [1.82, 2.24) is 15.5 Å². The van der Waals surface area contributed by atoms with Crippen molar-refractivity contribution in [2.75, 3.05) is 40.2 Å². The lowest BCUT2D eigenvalue weighted by Crippen LogP contribution is -2.32. The van der Waals surface area contributed by atoms with Gasteiger partial charge in [0.25, 0.3) is 0 Å². The highest BCUT2D eigenvalue weighted by Crippen LogP contribution is 2.39. The molecule has 0 fully saturated rings. The number of methoxy groups -OCH3 is 3. The first-order valence-corrected chi connectivity index (χ1v) is 8.62. The summed E-state index contributed by atoms with van der Waals surface area (Å²) in [6, 6.07) is 3.61. The van der Waals surface area contributed by atoms with Crippen LogP contribution in [0.25, 0.3) is 0 Å². The zero-order valence-electron chi connectivity index (χ0n) is 16.6. The molecule has 0 amide bonds. The quantitative estimate of drug-likeness (QED) is 0.534. The normalized spacial score (nSPS) is 11.4. The highest BCUT2D eigenvalue weighted by Gasteiger charge is 2.14. The highest BCUT2D eigenvalue weighted by atomic mass is 16.5. The largest absolute Gasteiger partial charge is 0.493 e. The maximum Gasteiger partial charge on any atom is 0.228 e. The molecule has 0 spiro atoms. The monoisotopic (exact) mass is 377 g/mol. The first-order valence-electron chi connectivity index (χ1n) is 8.62. The summed E-state index contributed by atoms with van der Waals surface area (Å²) < 4.78 is 21.3. The number of aliphatic imine (C=N–C) groups is 1. The van der Waals surface area contributed by atoms with E-state index in [4.69, 9.17) is 18.7 Å². The van der Waals surface area contributed by atoms with Gasteiger partial charge in [0, 0.05) is 43.8 Å². The molecule has 2 rings (SSSR count). The van der Waals surface area contributed by atoms with Crippen LogP contribution in [0.2, 0.25) is 0 Å². The lowest BCUT2D eigenvalue weighted by Gasteiger charge is -2.16. The Labute approximate surface area is 159 Å². The van der Waals surface area contributed by atoms with E-state index < -0.39 is 0 Å². The van der Waals surface area contributed by atoms with E-state index >= 15 is 0 Å². The topological polar surface area (TPSA) is 103 Å². The number of rotatable bonds is 8. The molecule has 27 heavy (non-hydrogen) atoms. The molecule has 0 aliphatic rings. The summed E-state index contributed by atoms with van der Waals surface area (Å²) in [5.41, 5.74) is 0.748. The number of nitrogens with zero attached hydrogens (tertiary/aromatic N) is 3. The van der Waals surface area contributed by atoms with Gasteiger partial charge < -0.3 is 29.4 Å². The third-order valence-corrected chi connectivity index (χ3v) is 3.78. The minimum atomic E-state index is 0.241. The zero-order chi connectivity index (χ0) is 19.8. The van der Waals surface area contributed by atoms with Crippen LogP contribution >= 0.6 is 0 Å². The lowest BCUT2D eigenvalue weighted by atomic mass is 10.2. The van der Waals surface area contributed by atoms with Gasteiger partial charge in [0.1, 0.15) is 0 Å². The van der Waals surface area contributed by atoms with Crippen LogP contribution in [0, 0.1) is 0 Å². The number of hydrogen-bond donors (Lipinski definition) is 2. The fraction of sp³-hybridized carbons (Fsp3) is 0.500. The van der Waals surface area contributed by atoms with E-state index in [1.807, 2.05) is 13.8 Å². The SMILES string of the molecule is CN=C(NCCc1nc(C(C)C)no1)Nc1cc(OC)c(OC)c(OC)c1. The summed E-state index contributed by atoms with van der Waals surface area (Å²) in [5, 5.41) is 10.4. The molecule has 9 nitrogen and oxygen atoms in total. The Balaban J connectivity index is 2.00. The number of ether oxygens (including phenoxy) is 3. The first-order chi connectivity index (χ1) is 13.0. The summed E-state index contributed by atoms with van der Waals surface area (Å²) in [5.74, 6) is 3.78. The molecular weight excluding hydrogens is 350 g/mol. The average molecular weight is 377 g/mol. The Kier molecular flexibility index (Phi) is 7.27. The highest BCUT2D eigenvalue weighted by molar-refractivity contribution is 5.94. The van der Waals surface area contributed by atoms with E-state index in [0.717, 1.165) is 5.69 Å². The lowest BCUT2D eigenvalue weighted by molar-refractivity contribution is 0.324. The molecule has 0 aliphatic carbocycles. The van der Waals surface area contributed by atoms with Crippen molar-refractivity contribution in [2.24, 2.45) is 4.99 Å². The maximum atomic E-state index is 5.36. The van der Waals surface area contributed by atoms with Crippen LogP contribution in [0.1, 0.15) is 31.5 Å². The molecule has 1 aromatic heterocycles. The second-order valence-electron chi connectivity index (χ2n) is 5.99. The molecule has 0 aliphatic heterocycles. The fourth-order valence-electron chi connectivity index (χ4n) is 2.36. The van der Waals surface area contributed by atoms with Gasteiger partial charge >= 0.3 is 0 Å². The fourth-order valence-corrected chi connectivity index (χ4v) is 2.36. The van der Waals surface area contributed by atoms with Crippen molar-refractivity contribution < 1.29 is 18.7 Å². The number of aromatic nitrogens is 2. The Morgan fingerprint density at radius 2 is 1.81 bits per heavy atom. The average Bonchev–Trinajstić information content (AvgIpc) is 3.15. The minimum Gasteiger partial charge on any atom is -0.493 e. The van der Waals surface area contributed by atoms with Crippen LogP contribution in [-0.4, -0.2) is 51.0 Å². The van der Waals surface area contributed by atoms with Gasteiger partial charge in [-0.2, -0.15) is 4.98 Å². The molecule has 9 heteroatoms. The molecule has 0 saturated carbocycles. The van der Waals surface area contributed by atoms with E-state index in [-0.39, 0.29) is 5.92 Å². The summed E-state index contributed by atoms with van der Waals surface area (Å²) in [7, 11) is 6.40. The number of guanidine groups is 1. The van der Waals surface area contributed by atoms with Crippen LogP contribution in [0.3, 0.4) is 0 Å². The van der Waals surface area contributed by atoms with Crippen molar-refractivity contribution >= 4 is 11.6 Å². The van der Waals surface area contributed by atoms with Crippen LogP contribution < -0.4 is 24.8 Å². The number of hydrogen-bond acceptors (Lipinski definition) is 7. The number of anilines is 1. The number of benzene rings is 1. The van der Waals surface area contributed by atoms with Gasteiger partial charge in [0.05, 0.1) is 21.3 Å². The molecule has 0 unspecified atom stereocenters. The molecule has 0 radical (unpaired) electrons. The van der Waals surface area contributed by atoms with Gasteiger partial charge in [0.2, 0.25) is 11.6 Å². The van der Waals surface area contributed by atoms with Crippen LogP contribution in [-0.2, 0) is 6.42 Å². The molecule has 148 valence electrons. The van der Waals surface area contributed by atoms with Gasteiger partial charge in [0.15, 0.2) is 23.3 Å². The van der Waals surface area contributed by atoms with E-state index in [2.05, 4.69) is 25.8 Å². The van der Waals surface area contributed by atoms with Crippen molar-refractivity contribution in [2.45, 2.75) is 26.2 Å². The molecule has 1 aromatic carbocycles. The van der Waals surface area contributed by atoms with Crippen molar-refractivity contribution in [3.63, 3.8) is 0 Å².